The number of nitrogens with zero attached hydrogens (tertiary/aromatic N) is 2. The zero-order valence-corrected chi connectivity index (χ0v) is 16.6. The van der Waals surface area contributed by atoms with Crippen LogP contribution < -0.4 is 5.32 Å². The van der Waals surface area contributed by atoms with E-state index in [2.05, 4.69) is 10.2 Å². The molecule has 2 atom stereocenters. The normalized spacial score (nSPS) is 29.0. The fourth-order valence-electron chi connectivity index (χ4n) is 5.79. The summed E-state index contributed by atoms with van der Waals surface area (Å²) < 4.78 is 1.86. The smallest absolute Gasteiger partial charge is 0.267 e. The van der Waals surface area contributed by atoms with Gasteiger partial charge in [0.05, 0.1) is 0 Å². The predicted molar refractivity (Wildman–Crippen MR) is 105 cm³/mol. The molecule has 0 radical (unpaired) electrons. The molecule has 0 aromatic carbocycles. The van der Waals surface area contributed by atoms with Crippen LogP contribution in [0.25, 0.3) is 0 Å². The van der Waals surface area contributed by atoms with Gasteiger partial charge in [-0.25, -0.2) is 0 Å². The lowest BCUT2D eigenvalue weighted by Gasteiger charge is -2.47. The number of hydrogen-bond donors (Lipinski definition) is 1. The summed E-state index contributed by atoms with van der Waals surface area (Å²) in [5, 5.41) is 3.20. The van der Waals surface area contributed by atoms with E-state index in [1.165, 1.54) is 38.5 Å². The quantitative estimate of drug-likeness (QED) is 0.861. The SMILES string of the molecule is Cn1cccc1C(=O)NC[C@@]12CCC[C@H]1N(CC1CCCCC1)C(=O)CC2. The van der Waals surface area contributed by atoms with E-state index in [9.17, 15) is 9.59 Å². The van der Waals surface area contributed by atoms with Crippen LogP contribution >= 0.6 is 0 Å². The minimum atomic E-state index is -0.00162. The van der Waals surface area contributed by atoms with Crippen molar-refractivity contribution >= 4 is 11.8 Å². The molecule has 1 saturated heterocycles. The first-order chi connectivity index (χ1) is 13.1. The van der Waals surface area contributed by atoms with Gasteiger partial charge in [0.25, 0.3) is 5.91 Å². The lowest BCUT2D eigenvalue weighted by atomic mass is 9.74. The van der Waals surface area contributed by atoms with Gasteiger partial charge in [0.15, 0.2) is 0 Å². The summed E-state index contributed by atoms with van der Waals surface area (Å²) in [5.74, 6) is 1.02. The van der Waals surface area contributed by atoms with Gasteiger partial charge in [0.2, 0.25) is 5.91 Å². The van der Waals surface area contributed by atoms with Crippen molar-refractivity contribution < 1.29 is 9.59 Å². The molecule has 2 amide bonds. The highest BCUT2D eigenvalue weighted by atomic mass is 16.2. The summed E-state index contributed by atoms with van der Waals surface area (Å²) in [6.45, 7) is 1.63. The number of hydrogen-bond acceptors (Lipinski definition) is 2. The van der Waals surface area contributed by atoms with Gasteiger partial charge in [-0.15, -0.1) is 0 Å². The molecule has 0 bridgehead atoms. The Morgan fingerprint density at radius 2 is 2.00 bits per heavy atom. The topological polar surface area (TPSA) is 54.3 Å². The summed E-state index contributed by atoms with van der Waals surface area (Å²) in [5.41, 5.74) is 0.774. The molecule has 1 aromatic rings. The molecular formula is C22H33N3O2. The first-order valence-corrected chi connectivity index (χ1v) is 10.8. The third-order valence-electron chi connectivity index (χ3n) is 7.35. The van der Waals surface area contributed by atoms with Gasteiger partial charge >= 0.3 is 0 Å². The Hall–Kier alpha value is -1.78. The summed E-state index contributed by atoms with van der Waals surface area (Å²) in [4.78, 5) is 27.6. The van der Waals surface area contributed by atoms with E-state index in [1.807, 2.05) is 29.9 Å². The minimum Gasteiger partial charge on any atom is -0.350 e. The Kier molecular flexibility index (Phi) is 5.29. The van der Waals surface area contributed by atoms with E-state index >= 15 is 0 Å². The second kappa shape index (κ2) is 7.69. The van der Waals surface area contributed by atoms with Crippen LogP contribution in [0.5, 0.6) is 0 Å². The number of carbonyl (C=O) groups is 2. The first-order valence-electron chi connectivity index (χ1n) is 10.8. The predicted octanol–water partition coefficient (Wildman–Crippen LogP) is 3.50. The minimum absolute atomic E-state index is 0.00162. The van der Waals surface area contributed by atoms with Crippen molar-refractivity contribution in [1.82, 2.24) is 14.8 Å². The Morgan fingerprint density at radius 3 is 2.74 bits per heavy atom. The van der Waals surface area contributed by atoms with E-state index < -0.39 is 0 Å². The molecule has 27 heavy (non-hydrogen) atoms. The molecule has 1 aliphatic heterocycles. The number of nitrogens with one attached hydrogen (secondary N) is 1. The van der Waals surface area contributed by atoms with Gasteiger partial charge in [-0.3, -0.25) is 9.59 Å². The van der Waals surface area contributed by atoms with Gasteiger partial charge in [-0.05, 0) is 50.2 Å². The molecule has 5 nitrogen and oxygen atoms in total. The van der Waals surface area contributed by atoms with E-state index in [-0.39, 0.29) is 11.3 Å². The zero-order valence-electron chi connectivity index (χ0n) is 16.6. The number of piperidine rings is 1. The maximum absolute atomic E-state index is 12.8. The molecule has 3 fully saturated rings. The lowest BCUT2D eigenvalue weighted by molar-refractivity contribution is -0.142. The van der Waals surface area contributed by atoms with Crippen molar-refractivity contribution in [3.63, 3.8) is 0 Å². The van der Waals surface area contributed by atoms with Crippen LogP contribution in [-0.4, -0.2) is 40.4 Å². The average molecular weight is 372 g/mol. The van der Waals surface area contributed by atoms with Crippen molar-refractivity contribution in [1.29, 1.82) is 0 Å². The molecule has 0 unspecified atom stereocenters. The van der Waals surface area contributed by atoms with Crippen molar-refractivity contribution in [2.45, 2.75) is 70.3 Å². The van der Waals surface area contributed by atoms with Crippen LogP contribution in [0, 0.1) is 11.3 Å². The van der Waals surface area contributed by atoms with Crippen molar-refractivity contribution in [2.75, 3.05) is 13.1 Å². The number of aryl methyl sites for hydroxylation is 1. The Balaban J connectivity index is 1.45. The molecular weight excluding hydrogens is 338 g/mol. The van der Waals surface area contributed by atoms with Crippen LogP contribution in [0.1, 0.15) is 74.7 Å². The van der Waals surface area contributed by atoms with Crippen LogP contribution in [0.3, 0.4) is 0 Å². The second-order valence-corrected chi connectivity index (χ2v) is 9.01. The van der Waals surface area contributed by atoms with Crippen LogP contribution in [0.2, 0.25) is 0 Å². The summed E-state index contributed by atoms with van der Waals surface area (Å²) >= 11 is 0. The standard InChI is InChI=1S/C22H33N3O2/c1-24-14-6-9-18(24)21(27)23-16-22-12-5-10-19(22)25(20(26)11-13-22)15-17-7-3-2-4-8-17/h6,9,14,17,19H,2-5,7-8,10-13,15-16H2,1H3,(H,23,27)/t19-,22+/m1/s1. The monoisotopic (exact) mass is 371 g/mol. The molecule has 148 valence electrons. The van der Waals surface area contributed by atoms with E-state index in [1.54, 1.807) is 0 Å². The summed E-state index contributed by atoms with van der Waals surface area (Å²) in [6.07, 6.45) is 13.4. The van der Waals surface area contributed by atoms with Crippen LogP contribution in [0.4, 0.5) is 0 Å². The Morgan fingerprint density at radius 1 is 1.19 bits per heavy atom. The van der Waals surface area contributed by atoms with E-state index in [4.69, 9.17) is 0 Å². The molecule has 2 heterocycles. The summed E-state index contributed by atoms with van der Waals surface area (Å²) in [7, 11) is 1.90. The fraction of sp³-hybridized carbons (Fsp3) is 0.727. The summed E-state index contributed by atoms with van der Waals surface area (Å²) in [6, 6.07) is 4.07. The Bertz CT molecular complexity index is 691. The highest BCUT2D eigenvalue weighted by molar-refractivity contribution is 5.92. The van der Waals surface area contributed by atoms with Gasteiger partial charge in [-0.2, -0.15) is 0 Å². The zero-order chi connectivity index (χ0) is 18.9. The number of likely N-dealkylation sites (tertiary alicyclic amines) is 1. The molecule has 1 aromatic heterocycles. The molecule has 1 N–H and O–H groups in total. The highest BCUT2D eigenvalue weighted by Crippen LogP contribution is 2.48. The number of rotatable bonds is 5. The average Bonchev–Trinajstić information content (AvgIpc) is 3.30. The van der Waals surface area contributed by atoms with Gasteiger partial charge in [-0.1, -0.05) is 25.7 Å². The van der Waals surface area contributed by atoms with E-state index in [0.29, 0.717) is 36.5 Å². The molecule has 2 saturated carbocycles. The number of aromatic nitrogens is 1. The lowest BCUT2D eigenvalue weighted by Crippen LogP contribution is -2.57. The highest BCUT2D eigenvalue weighted by Gasteiger charge is 2.50. The van der Waals surface area contributed by atoms with Gasteiger partial charge < -0.3 is 14.8 Å². The number of amides is 2. The maximum Gasteiger partial charge on any atom is 0.267 e. The number of fused-ring (bicyclic) bond motifs is 1. The Labute approximate surface area is 162 Å². The van der Waals surface area contributed by atoms with Gasteiger partial charge in [0, 0.05) is 44.2 Å². The molecule has 4 rings (SSSR count). The van der Waals surface area contributed by atoms with Crippen molar-refractivity contribution in [3.8, 4) is 0 Å². The molecule has 3 aliphatic rings. The van der Waals surface area contributed by atoms with Crippen LogP contribution in [0.15, 0.2) is 18.3 Å². The second-order valence-electron chi connectivity index (χ2n) is 9.01. The maximum atomic E-state index is 12.8. The molecule has 5 heteroatoms. The fourth-order valence-corrected chi connectivity index (χ4v) is 5.79. The molecule has 2 aliphatic carbocycles. The van der Waals surface area contributed by atoms with Gasteiger partial charge in [0.1, 0.15) is 5.69 Å². The molecule has 0 spiro atoms. The first kappa shape index (κ1) is 18.6. The van der Waals surface area contributed by atoms with Crippen molar-refractivity contribution in [2.24, 2.45) is 18.4 Å². The number of carbonyl (C=O) groups excluding carboxylic acids is 2. The third kappa shape index (κ3) is 3.65. The van der Waals surface area contributed by atoms with E-state index in [0.717, 1.165) is 25.8 Å². The van der Waals surface area contributed by atoms with Crippen LogP contribution in [-0.2, 0) is 11.8 Å². The third-order valence-corrected chi connectivity index (χ3v) is 7.35. The van der Waals surface area contributed by atoms with Crippen molar-refractivity contribution in [3.05, 3.63) is 24.0 Å². The largest absolute Gasteiger partial charge is 0.350 e.